The molecule has 164 valence electrons. The first-order valence-electron chi connectivity index (χ1n) is 10.4. The fourth-order valence-electron chi connectivity index (χ4n) is 3.76. The summed E-state index contributed by atoms with van der Waals surface area (Å²) in [6.07, 6.45) is 1.03. The molecule has 7 nitrogen and oxygen atoms in total. The zero-order chi connectivity index (χ0) is 22.2. The summed E-state index contributed by atoms with van der Waals surface area (Å²) in [4.78, 5) is 20.7. The van der Waals surface area contributed by atoms with E-state index in [1.165, 1.54) is 18.3 Å². The molecule has 1 aromatic carbocycles. The van der Waals surface area contributed by atoms with Gasteiger partial charge in [0.1, 0.15) is 23.3 Å². The minimum atomic E-state index is -0.150. The van der Waals surface area contributed by atoms with Crippen LogP contribution >= 0.6 is 11.3 Å². The number of aromatic nitrogens is 2. The lowest BCUT2D eigenvalue weighted by atomic mass is 9.86. The number of fused-ring (bicyclic) bond motifs is 1. The van der Waals surface area contributed by atoms with Crippen LogP contribution in [0, 0.1) is 5.41 Å². The van der Waals surface area contributed by atoms with E-state index in [9.17, 15) is 4.79 Å². The molecule has 1 aliphatic heterocycles. The predicted octanol–water partition coefficient (Wildman–Crippen LogP) is 4.48. The highest BCUT2D eigenvalue weighted by atomic mass is 32.1. The highest BCUT2D eigenvalue weighted by Crippen LogP contribution is 2.35. The van der Waals surface area contributed by atoms with Gasteiger partial charge in [-0.3, -0.25) is 4.79 Å². The fourth-order valence-corrected chi connectivity index (χ4v) is 4.51. The van der Waals surface area contributed by atoms with Crippen molar-refractivity contribution in [2.45, 2.75) is 46.3 Å². The standard InChI is InChI=1S/C23H28N4O3S/c1-13(28)25-22-27-19(12-31-22)18-10-20(16-7-6-14(29-5)8-17(16)26-18)30-15-9-21(24-11-15)23(2,3)4/h6-8,10,12,15,21,24H,9,11H2,1-5H3,(H,25,27,28). The van der Waals surface area contributed by atoms with Gasteiger partial charge in [-0.1, -0.05) is 20.8 Å². The summed E-state index contributed by atoms with van der Waals surface area (Å²) in [5.74, 6) is 1.36. The number of hydrogen-bond acceptors (Lipinski definition) is 7. The Labute approximate surface area is 186 Å². The molecule has 4 rings (SSSR count). The number of methoxy groups -OCH3 is 1. The molecule has 0 radical (unpaired) electrons. The number of rotatable bonds is 5. The van der Waals surface area contributed by atoms with E-state index < -0.39 is 0 Å². The van der Waals surface area contributed by atoms with Crippen LogP contribution in [-0.2, 0) is 4.79 Å². The Bertz CT molecular complexity index is 1110. The number of benzene rings is 1. The molecule has 0 bridgehead atoms. The number of pyridine rings is 1. The lowest BCUT2D eigenvalue weighted by Crippen LogP contribution is -2.34. The minimum Gasteiger partial charge on any atom is -0.497 e. The molecule has 2 N–H and O–H groups in total. The van der Waals surface area contributed by atoms with Crippen LogP contribution in [0.3, 0.4) is 0 Å². The van der Waals surface area contributed by atoms with Gasteiger partial charge in [0.25, 0.3) is 0 Å². The molecule has 0 spiro atoms. The van der Waals surface area contributed by atoms with Gasteiger partial charge >= 0.3 is 0 Å². The molecule has 0 aliphatic carbocycles. The van der Waals surface area contributed by atoms with Crippen LogP contribution in [0.25, 0.3) is 22.3 Å². The van der Waals surface area contributed by atoms with Gasteiger partial charge in [-0.2, -0.15) is 0 Å². The summed E-state index contributed by atoms with van der Waals surface area (Å²) < 4.78 is 11.9. The highest BCUT2D eigenvalue weighted by Gasteiger charge is 2.34. The summed E-state index contributed by atoms with van der Waals surface area (Å²) in [6.45, 7) is 9.01. The van der Waals surface area contributed by atoms with E-state index in [4.69, 9.17) is 14.5 Å². The third-order valence-corrected chi connectivity index (χ3v) is 6.22. The Balaban J connectivity index is 1.70. The number of anilines is 1. The molecule has 31 heavy (non-hydrogen) atoms. The number of carbonyl (C=O) groups is 1. The Morgan fingerprint density at radius 3 is 2.71 bits per heavy atom. The monoisotopic (exact) mass is 440 g/mol. The molecule has 3 heterocycles. The number of carbonyl (C=O) groups excluding carboxylic acids is 1. The van der Waals surface area contributed by atoms with Crippen molar-refractivity contribution >= 4 is 33.3 Å². The van der Waals surface area contributed by atoms with Gasteiger partial charge in [0.2, 0.25) is 5.91 Å². The number of nitrogens with zero attached hydrogens (tertiary/aromatic N) is 2. The zero-order valence-corrected chi connectivity index (χ0v) is 19.3. The first kappa shape index (κ1) is 21.5. The molecular formula is C23H28N4O3S. The van der Waals surface area contributed by atoms with Gasteiger partial charge in [-0.05, 0) is 17.5 Å². The Morgan fingerprint density at radius 2 is 2.03 bits per heavy atom. The third kappa shape index (κ3) is 4.80. The van der Waals surface area contributed by atoms with Gasteiger partial charge in [-0.25, -0.2) is 9.97 Å². The van der Waals surface area contributed by atoms with E-state index in [0.29, 0.717) is 22.6 Å². The van der Waals surface area contributed by atoms with Crippen LogP contribution in [0.4, 0.5) is 5.13 Å². The molecule has 1 saturated heterocycles. The molecular weight excluding hydrogens is 412 g/mol. The fraction of sp³-hybridized carbons (Fsp3) is 0.435. The lowest BCUT2D eigenvalue weighted by molar-refractivity contribution is -0.114. The summed E-state index contributed by atoms with van der Waals surface area (Å²) in [6, 6.07) is 8.14. The van der Waals surface area contributed by atoms with Crippen LogP contribution in [0.5, 0.6) is 11.5 Å². The topological polar surface area (TPSA) is 85.4 Å². The lowest BCUT2D eigenvalue weighted by Gasteiger charge is -2.26. The van der Waals surface area contributed by atoms with Gasteiger partial charge in [0, 0.05) is 48.8 Å². The average Bonchev–Trinajstić information content (AvgIpc) is 3.36. The van der Waals surface area contributed by atoms with Crippen molar-refractivity contribution in [2.75, 3.05) is 19.0 Å². The third-order valence-electron chi connectivity index (χ3n) is 5.46. The molecule has 2 atom stereocenters. The van der Waals surface area contributed by atoms with Crippen molar-refractivity contribution in [1.82, 2.24) is 15.3 Å². The average molecular weight is 441 g/mol. The van der Waals surface area contributed by atoms with E-state index in [-0.39, 0.29) is 17.4 Å². The number of hydrogen-bond donors (Lipinski definition) is 2. The molecule has 1 fully saturated rings. The second-order valence-corrected chi connectivity index (χ2v) is 9.77. The first-order chi connectivity index (χ1) is 14.7. The molecule has 8 heteroatoms. The van der Waals surface area contributed by atoms with Gasteiger partial charge < -0.3 is 20.1 Å². The van der Waals surface area contributed by atoms with Crippen LogP contribution in [0.15, 0.2) is 29.6 Å². The smallest absolute Gasteiger partial charge is 0.223 e. The predicted molar refractivity (Wildman–Crippen MR) is 124 cm³/mol. The maximum atomic E-state index is 11.3. The maximum absolute atomic E-state index is 11.3. The number of ether oxygens (including phenoxy) is 2. The van der Waals surface area contributed by atoms with Crippen molar-refractivity contribution in [3.8, 4) is 22.9 Å². The van der Waals surface area contributed by atoms with Crippen LogP contribution in [0.1, 0.15) is 34.1 Å². The van der Waals surface area contributed by atoms with Crippen LogP contribution < -0.4 is 20.1 Å². The van der Waals surface area contributed by atoms with Crippen molar-refractivity contribution in [3.63, 3.8) is 0 Å². The molecule has 1 aliphatic rings. The second-order valence-electron chi connectivity index (χ2n) is 8.91. The highest BCUT2D eigenvalue weighted by molar-refractivity contribution is 7.14. The van der Waals surface area contributed by atoms with Crippen LogP contribution in [0.2, 0.25) is 0 Å². The Morgan fingerprint density at radius 1 is 1.23 bits per heavy atom. The summed E-state index contributed by atoms with van der Waals surface area (Å²) in [7, 11) is 1.64. The maximum Gasteiger partial charge on any atom is 0.223 e. The van der Waals surface area contributed by atoms with Gasteiger partial charge in [-0.15, -0.1) is 11.3 Å². The molecule has 2 unspecified atom stereocenters. The first-order valence-corrected chi connectivity index (χ1v) is 11.2. The van der Waals surface area contributed by atoms with Crippen molar-refractivity contribution in [1.29, 1.82) is 0 Å². The normalized spacial score (nSPS) is 18.9. The quantitative estimate of drug-likeness (QED) is 0.608. The van der Waals surface area contributed by atoms with E-state index in [0.717, 1.165) is 35.4 Å². The van der Waals surface area contributed by atoms with Crippen molar-refractivity contribution in [3.05, 3.63) is 29.6 Å². The van der Waals surface area contributed by atoms with Gasteiger partial charge in [0.05, 0.1) is 18.3 Å². The SMILES string of the molecule is COc1ccc2c(OC3CNC(C(C)(C)C)C3)cc(-c3csc(NC(C)=O)n3)nc2c1. The van der Waals surface area contributed by atoms with Crippen molar-refractivity contribution in [2.24, 2.45) is 5.41 Å². The molecule has 0 saturated carbocycles. The molecule has 3 aromatic rings. The Hall–Kier alpha value is -2.71. The van der Waals surface area contributed by atoms with E-state index in [2.05, 4.69) is 36.4 Å². The zero-order valence-electron chi connectivity index (χ0n) is 18.5. The molecule has 2 aromatic heterocycles. The van der Waals surface area contributed by atoms with E-state index >= 15 is 0 Å². The molecule has 1 amide bonds. The summed E-state index contributed by atoms with van der Waals surface area (Å²) in [5, 5.41) is 9.68. The summed E-state index contributed by atoms with van der Waals surface area (Å²) >= 11 is 1.37. The van der Waals surface area contributed by atoms with Crippen molar-refractivity contribution < 1.29 is 14.3 Å². The van der Waals surface area contributed by atoms with Crippen LogP contribution in [-0.4, -0.2) is 41.7 Å². The summed E-state index contributed by atoms with van der Waals surface area (Å²) in [5.41, 5.74) is 2.35. The number of amides is 1. The minimum absolute atomic E-state index is 0.0788. The largest absolute Gasteiger partial charge is 0.497 e. The van der Waals surface area contributed by atoms with E-state index in [1.54, 1.807) is 7.11 Å². The number of thiazole rings is 1. The second kappa shape index (κ2) is 8.43. The van der Waals surface area contributed by atoms with E-state index in [1.807, 2.05) is 29.6 Å². The Kier molecular flexibility index (Phi) is 5.85. The van der Waals surface area contributed by atoms with Gasteiger partial charge in [0.15, 0.2) is 5.13 Å². The number of nitrogens with one attached hydrogen (secondary N) is 2.